The highest BCUT2D eigenvalue weighted by Gasteiger charge is 2.17. The zero-order valence-corrected chi connectivity index (χ0v) is 50.6. The lowest BCUT2D eigenvalue weighted by atomic mass is 10.3. The van der Waals surface area contributed by atoms with Crippen LogP contribution >= 0.6 is 0 Å². The molecule has 0 heterocycles. The van der Waals surface area contributed by atoms with Crippen LogP contribution in [0.25, 0.3) is 0 Å². The van der Waals surface area contributed by atoms with E-state index in [1.165, 1.54) is 78.2 Å². The second kappa shape index (κ2) is 59.5. The van der Waals surface area contributed by atoms with E-state index in [9.17, 15) is 52.7 Å². The standard InChI is InChI=1S/C18H32N2O8.C14H26N2O6.2C10H20N2O4/c1-25-15(21)5-9-19(10-6-16(22)26-2)13-14-20(11-7-17(23)27-3)12-8-18(24)28-4;1-20-12(17)4-7-15-8-11-16(9-5-13(18)21-2)10-6-14(19)22-3;1-15-9(13)3-6-12(8-5-11)7-4-10(14)16-2;1-15-9(13)3-5-11-7-8-12-6-4-10(14)16-2/h5-14H2,1-4H3;15H,4-11H2,1-3H3;3-8,11H2,1-2H3;11-12H,3-8H2,1-2H3. The number of carbonyl (C=O) groups excluding carboxylic acids is 11. The molecule has 0 aliphatic carbocycles. The summed E-state index contributed by atoms with van der Waals surface area (Å²) in [5.41, 5.74) is 5.43. The fraction of sp³-hybridized carbons (Fsp3) is 0.788. The molecule has 0 spiro atoms. The van der Waals surface area contributed by atoms with Gasteiger partial charge in [0.25, 0.3) is 0 Å². The van der Waals surface area contributed by atoms with Gasteiger partial charge in [-0.1, -0.05) is 0 Å². The van der Waals surface area contributed by atoms with E-state index in [-0.39, 0.29) is 104 Å². The van der Waals surface area contributed by atoms with Crippen LogP contribution in [0.2, 0.25) is 0 Å². The summed E-state index contributed by atoms with van der Waals surface area (Å²) >= 11 is 0. The van der Waals surface area contributed by atoms with E-state index in [0.717, 1.165) is 13.1 Å². The minimum Gasteiger partial charge on any atom is -0.469 e. The summed E-state index contributed by atoms with van der Waals surface area (Å²) in [5, 5.41) is 9.26. The van der Waals surface area contributed by atoms with Crippen LogP contribution in [0.1, 0.15) is 70.6 Å². The Kier molecular flexibility index (Phi) is 59.7. The van der Waals surface area contributed by atoms with E-state index in [2.05, 4.69) is 68.1 Å². The molecule has 0 aromatic heterocycles. The molecule has 0 aliphatic rings. The molecule has 30 heteroatoms. The number of hydrogen-bond acceptors (Lipinski definition) is 30. The summed E-state index contributed by atoms with van der Waals surface area (Å²) in [6, 6.07) is 0. The van der Waals surface area contributed by atoms with Crippen molar-refractivity contribution in [2.24, 2.45) is 5.73 Å². The second-order valence-corrected chi connectivity index (χ2v) is 17.0. The quantitative estimate of drug-likeness (QED) is 0.0293. The molecule has 0 aliphatic heterocycles. The van der Waals surface area contributed by atoms with Gasteiger partial charge in [-0.05, 0) is 0 Å². The van der Waals surface area contributed by atoms with E-state index < -0.39 is 0 Å². The number of carbonyl (C=O) groups is 11. The van der Waals surface area contributed by atoms with Gasteiger partial charge in [0.15, 0.2) is 0 Å². The Labute approximate surface area is 483 Å². The third-order valence-electron chi connectivity index (χ3n) is 11.3. The smallest absolute Gasteiger partial charge is 0.306 e. The highest BCUT2D eigenvalue weighted by molar-refractivity contribution is 5.73. The van der Waals surface area contributed by atoms with Gasteiger partial charge in [0.05, 0.1) is 149 Å². The second-order valence-electron chi connectivity index (χ2n) is 17.0. The predicted molar refractivity (Wildman–Crippen MR) is 296 cm³/mol. The van der Waals surface area contributed by atoms with Crippen molar-refractivity contribution >= 4 is 65.7 Å². The van der Waals surface area contributed by atoms with Crippen LogP contribution < -0.4 is 21.7 Å². The monoisotopic (exact) mass is 1190 g/mol. The van der Waals surface area contributed by atoms with Crippen LogP contribution in [0.15, 0.2) is 0 Å². The van der Waals surface area contributed by atoms with Crippen molar-refractivity contribution in [1.29, 1.82) is 0 Å². The van der Waals surface area contributed by atoms with Gasteiger partial charge in [-0.2, -0.15) is 0 Å². The van der Waals surface area contributed by atoms with Crippen LogP contribution in [0, 0.1) is 0 Å². The molecule has 0 unspecified atom stereocenters. The Hall–Kier alpha value is -6.15. The average Bonchev–Trinajstić information content (AvgIpc) is 3.50. The molecule has 0 bridgehead atoms. The highest BCUT2D eigenvalue weighted by Crippen LogP contribution is 2.03. The molecule has 478 valence electrons. The first-order valence-electron chi connectivity index (χ1n) is 26.7. The lowest BCUT2D eigenvalue weighted by molar-refractivity contribution is -0.143. The fourth-order valence-corrected chi connectivity index (χ4v) is 6.29. The molecule has 0 radical (unpaired) electrons. The van der Waals surface area contributed by atoms with Crippen molar-refractivity contribution in [3.8, 4) is 0 Å². The van der Waals surface area contributed by atoms with Crippen molar-refractivity contribution in [3.63, 3.8) is 0 Å². The van der Waals surface area contributed by atoms with Gasteiger partial charge in [-0.25, -0.2) is 0 Å². The third kappa shape index (κ3) is 57.1. The normalized spacial score (nSPS) is 10.3. The molecule has 0 atom stereocenters. The van der Waals surface area contributed by atoms with Crippen molar-refractivity contribution < 1.29 is 105 Å². The molecule has 0 aromatic carbocycles. The maximum atomic E-state index is 11.4. The zero-order chi connectivity index (χ0) is 62.8. The first-order valence-corrected chi connectivity index (χ1v) is 26.7. The Morgan fingerprint density at radius 2 is 0.402 bits per heavy atom. The summed E-state index contributed by atoms with van der Waals surface area (Å²) in [4.78, 5) is 130. The average molecular weight is 1190 g/mol. The molecule has 5 N–H and O–H groups in total. The van der Waals surface area contributed by atoms with E-state index in [1.54, 1.807) is 0 Å². The number of rotatable bonds is 44. The Balaban J connectivity index is -0.000000509. The number of nitrogens with two attached hydrogens (primary N) is 1. The van der Waals surface area contributed by atoms with Crippen molar-refractivity contribution in [2.45, 2.75) is 70.6 Å². The Morgan fingerprint density at radius 1 is 0.232 bits per heavy atom. The predicted octanol–water partition coefficient (Wildman–Crippen LogP) is -1.92. The SMILES string of the molecule is COC(=O)CCN(CCC(=O)OC)CCN(CCC(=O)OC)CCC(=O)OC.COC(=O)CCN(CCN)CCC(=O)OC.COC(=O)CCNCCN(CCC(=O)OC)CCC(=O)OC.COC(=O)CCNCCNCCC(=O)OC. The lowest BCUT2D eigenvalue weighted by Crippen LogP contribution is -2.39. The van der Waals surface area contributed by atoms with Gasteiger partial charge in [0.1, 0.15) is 0 Å². The number of nitrogens with one attached hydrogen (secondary N) is 3. The first kappa shape index (κ1) is 82.3. The van der Waals surface area contributed by atoms with Crippen LogP contribution in [0.4, 0.5) is 0 Å². The van der Waals surface area contributed by atoms with E-state index in [1.807, 2.05) is 19.6 Å². The third-order valence-corrected chi connectivity index (χ3v) is 11.3. The molecular weight excluding hydrogens is 1090 g/mol. The molecule has 30 nitrogen and oxygen atoms in total. The molecule has 0 amide bonds. The summed E-state index contributed by atoms with van der Waals surface area (Å²) < 4.78 is 50.4. The molecular formula is C52H98N8O22. The molecule has 0 saturated heterocycles. The van der Waals surface area contributed by atoms with Crippen molar-refractivity contribution in [3.05, 3.63) is 0 Å². The van der Waals surface area contributed by atoms with Crippen LogP contribution in [0.3, 0.4) is 0 Å². The molecule has 0 fully saturated rings. The van der Waals surface area contributed by atoms with Crippen molar-refractivity contribution in [1.82, 2.24) is 35.6 Å². The van der Waals surface area contributed by atoms with Crippen molar-refractivity contribution in [2.75, 3.05) is 203 Å². The maximum absolute atomic E-state index is 11.4. The van der Waals surface area contributed by atoms with Gasteiger partial charge in [-0.15, -0.1) is 0 Å². The summed E-state index contributed by atoms with van der Waals surface area (Å²) in [6.45, 7) is 10.5. The minimum atomic E-state index is -0.337. The maximum Gasteiger partial charge on any atom is 0.306 e. The van der Waals surface area contributed by atoms with Crippen LogP contribution in [-0.4, -0.2) is 288 Å². The molecule has 0 saturated carbocycles. The fourth-order valence-electron chi connectivity index (χ4n) is 6.29. The van der Waals surface area contributed by atoms with Gasteiger partial charge in [-0.3, -0.25) is 52.7 Å². The minimum absolute atomic E-state index is 0.196. The largest absolute Gasteiger partial charge is 0.469 e. The Bertz CT molecular complexity index is 1600. The molecule has 0 rings (SSSR count). The summed E-state index contributed by atoms with van der Waals surface area (Å²) in [5.74, 6) is -3.15. The zero-order valence-electron chi connectivity index (χ0n) is 50.6. The topological polar surface area (TPSA) is 364 Å². The van der Waals surface area contributed by atoms with Gasteiger partial charge >= 0.3 is 65.7 Å². The van der Waals surface area contributed by atoms with Gasteiger partial charge < -0.3 is 93.4 Å². The Morgan fingerprint density at radius 3 is 0.598 bits per heavy atom. The first-order chi connectivity index (χ1) is 39.2. The molecule has 82 heavy (non-hydrogen) atoms. The summed E-state index contributed by atoms with van der Waals surface area (Å²) in [6.07, 6.45) is 2.97. The summed E-state index contributed by atoms with van der Waals surface area (Å²) in [7, 11) is 14.8. The number of methoxy groups -OCH3 is 11. The van der Waals surface area contributed by atoms with Gasteiger partial charge in [0.2, 0.25) is 0 Å². The number of nitrogens with zero attached hydrogens (tertiary/aromatic N) is 4. The van der Waals surface area contributed by atoms with Gasteiger partial charge in [0, 0.05) is 124 Å². The molecule has 0 aromatic rings. The van der Waals surface area contributed by atoms with Crippen LogP contribution in [-0.2, 0) is 105 Å². The number of hydrogen-bond donors (Lipinski definition) is 4. The van der Waals surface area contributed by atoms with E-state index >= 15 is 0 Å². The highest BCUT2D eigenvalue weighted by atomic mass is 16.6. The lowest BCUT2D eigenvalue weighted by Gasteiger charge is -2.27. The number of ether oxygens (including phenoxy) is 11. The van der Waals surface area contributed by atoms with E-state index in [0.29, 0.717) is 143 Å². The van der Waals surface area contributed by atoms with E-state index in [4.69, 9.17) is 5.73 Å². The number of esters is 11. The van der Waals surface area contributed by atoms with Crippen LogP contribution in [0.5, 0.6) is 0 Å².